The molecular weight excluding hydrogens is 460 g/mol. The van der Waals surface area contributed by atoms with Crippen molar-refractivity contribution in [1.29, 1.82) is 0 Å². The Bertz CT molecular complexity index is 1060. The SMILES string of the molecule is Cc1cc(Cl)ccc1OCCCC(=O)NNC(=O)CNC(=O)c1ccc(N2CCCC2=O)cc1. The van der Waals surface area contributed by atoms with Gasteiger partial charge in [0.25, 0.3) is 11.8 Å². The van der Waals surface area contributed by atoms with E-state index in [2.05, 4.69) is 16.2 Å². The Morgan fingerprint density at radius 2 is 1.79 bits per heavy atom. The smallest absolute Gasteiger partial charge is 0.257 e. The van der Waals surface area contributed by atoms with Crippen molar-refractivity contribution in [3.8, 4) is 5.75 Å². The maximum Gasteiger partial charge on any atom is 0.257 e. The molecule has 0 aromatic heterocycles. The summed E-state index contributed by atoms with van der Waals surface area (Å²) < 4.78 is 5.62. The maximum absolute atomic E-state index is 12.2. The summed E-state index contributed by atoms with van der Waals surface area (Å²) in [6, 6.07) is 11.9. The van der Waals surface area contributed by atoms with Crippen LogP contribution in [-0.2, 0) is 14.4 Å². The van der Waals surface area contributed by atoms with E-state index in [-0.39, 0.29) is 24.8 Å². The number of aryl methyl sites for hydroxylation is 1. The monoisotopic (exact) mass is 486 g/mol. The van der Waals surface area contributed by atoms with E-state index in [4.69, 9.17) is 16.3 Å². The van der Waals surface area contributed by atoms with Gasteiger partial charge in [-0.2, -0.15) is 0 Å². The van der Waals surface area contributed by atoms with Gasteiger partial charge in [-0.15, -0.1) is 0 Å². The van der Waals surface area contributed by atoms with Crippen LogP contribution >= 0.6 is 11.6 Å². The number of amides is 4. The summed E-state index contributed by atoms with van der Waals surface area (Å²) in [4.78, 5) is 49.5. The largest absolute Gasteiger partial charge is 0.493 e. The highest BCUT2D eigenvalue weighted by Crippen LogP contribution is 2.22. The molecule has 3 N–H and O–H groups in total. The first kappa shape index (κ1) is 25.0. The molecule has 1 aliphatic rings. The molecular formula is C24H27ClN4O5. The van der Waals surface area contributed by atoms with Crippen LogP contribution in [0.1, 0.15) is 41.6 Å². The molecule has 2 aromatic carbocycles. The Kier molecular flexibility index (Phi) is 8.86. The molecule has 0 atom stereocenters. The number of anilines is 1. The zero-order valence-electron chi connectivity index (χ0n) is 18.9. The summed E-state index contributed by atoms with van der Waals surface area (Å²) in [5.74, 6) is -0.597. The molecule has 0 bridgehead atoms. The lowest BCUT2D eigenvalue weighted by molar-refractivity contribution is -0.128. The van der Waals surface area contributed by atoms with Crippen molar-refractivity contribution in [3.05, 3.63) is 58.6 Å². The zero-order valence-corrected chi connectivity index (χ0v) is 19.6. The van der Waals surface area contributed by atoms with E-state index >= 15 is 0 Å². The Balaban J connectivity index is 1.31. The average Bonchev–Trinajstić information content (AvgIpc) is 3.26. The van der Waals surface area contributed by atoms with Crippen molar-refractivity contribution < 1.29 is 23.9 Å². The Labute approximate surface area is 202 Å². The number of ether oxygens (including phenoxy) is 1. The zero-order chi connectivity index (χ0) is 24.5. The van der Waals surface area contributed by atoms with Gasteiger partial charge in [0.05, 0.1) is 13.2 Å². The summed E-state index contributed by atoms with van der Waals surface area (Å²) in [6.45, 7) is 2.59. The number of halogens is 1. The number of carbonyl (C=O) groups is 4. The van der Waals surface area contributed by atoms with Gasteiger partial charge in [-0.3, -0.25) is 30.0 Å². The quantitative estimate of drug-likeness (QED) is 0.372. The second-order valence-electron chi connectivity index (χ2n) is 7.84. The number of nitrogens with zero attached hydrogens (tertiary/aromatic N) is 1. The first-order valence-electron chi connectivity index (χ1n) is 11.0. The highest BCUT2D eigenvalue weighted by atomic mass is 35.5. The molecule has 3 rings (SSSR count). The van der Waals surface area contributed by atoms with Crippen molar-refractivity contribution >= 4 is 40.9 Å². The minimum absolute atomic E-state index is 0.0695. The van der Waals surface area contributed by atoms with Crippen LogP contribution in [-0.4, -0.2) is 43.3 Å². The van der Waals surface area contributed by atoms with Gasteiger partial charge in [0.2, 0.25) is 11.8 Å². The topological polar surface area (TPSA) is 117 Å². The predicted molar refractivity (Wildman–Crippen MR) is 128 cm³/mol. The second-order valence-corrected chi connectivity index (χ2v) is 8.27. The standard InChI is InChI=1S/C24H27ClN4O5/c1-16-14-18(25)8-11-20(16)34-13-3-4-21(30)27-28-22(31)15-26-24(33)17-6-9-19(10-7-17)29-12-2-5-23(29)32/h6-11,14H,2-5,12-13,15H2,1H3,(H,26,33)(H,27,30)(H,28,31). The first-order chi connectivity index (χ1) is 16.3. The van der Waals surface area contributed by atoms with Crippen LogP contribution in [0.2, 0.25) is 5.02 Å². The molecule has 1 saturated heterocycles. The molecule has 10 heteroatoms. The van der Waals surface area contributed by atoms with Crippen molar-refractivity contribution in [3.63, 3.8) is 0 Å². The number of hydrogen-bond acceptors (Lipinski definition) is 5. The molecule has 34 heavy (non-hydrogen) atoms. The van der Waals surface area contributed by atoms with Gasteiger partial charge in [0.15, 0.2) is 0 Å². The van der Waals surface area contributed by atoms with E-state index in [1.807, 2.05) is 6.92 Å². The lowest BCUT2D eigenvalue weighted by Crippen LogP contribution is -2.46. The first-order valence-corrected chi connectivity index (χ1v) is 11.4. The minimum atomic E-state index is -0.561. The summed E-state index contributed by atoms with van der Waals surface area (Å²) in [7, 11) is 0. The number of hydrogen-bond donors (Lipinski definition) is 3. The fourth-order valence-corrected chi connectivity index (χ4v) is 3.64. The molecule has 1 fully saturated rings. The highest BCUT2D eigenvalue weighted by Gasteiger charge is 2.21. The number of benzene rings is 2. The lowest BCUT2D eigenvalue weighted by Gasteiger charge is -2.15. The van der Waals surface area contributed by atoms with Gasteiger partial charge in [-0.05, 0) is 67.8 Å². The third-order valence-electron chi connectivity index (χ3n) is 5.21. The maximum atomic E-state index is 12.2. The van der Waals surface area contributed by atoms with Crippen LogP contribution in [0.3, 0.4) is 0 Å². The predicted octanol–water partition coefficient (Wildman–Crippen LogP) is 2.51. The van der Waals surface area contributed by atoms with Gasteiger partial charge >= 0.3 is 0 Å². The molecule has 2 aromatic rings. The van der Waals surface area contributed by atoms with E-state index < -0.39 is 11.8 Å². The number of hydrazine groups is 1. The average molecular weight is 487 g/mol. The fraction of sp³-hybridized carbons (Fsp3) is 0.333. The third-order valence-corrected chi connectivity index (χ3v) is 5.44. The van der Waals surface area contributed by atoms with Crippen molar-refractivity contribution in [1.82, 2.24) is 16.2 Å². The van der Waals surface area contributed by atoms with Gasteiger partial charge in [0, 0.05) is 35.7 Å². The molecule has 4 amide bonds. The molecule has 0 aliphatic carbocycles. The Hall–Kier alpha value is -3.59. The molecule has 9 nitrogen and oxygen atoms in total. The second kappa shape index (κ2) is 12.0. The van der Waals surface area contributed by atoms with Crippen molar-refractivity contribution in [2.24, 2.45) is 0 Å². The Morgan fingerprint density at radius 1 is 1.06 bits per heavy atom. The van der Waals surface area contributed by atoms with Crippen LogP contribution in [0.4, 0.5) is 5.69 Å². The number of nitrogens with one attached hydrogen (secondary N) is 3. The van der Waals surface area contributed by atoms with Gasteiger partial charge in [-0.1, -0.05) is 11.6 Å². The third kappa shape index (κ3) is 7.21. The normalized spacial score (nSPS) is 12.9. The van der Waals surface area contributed by atoms with E-state index in [0.717, 1.165) is 17.7 Å². The fourth-order valence-electron chi connectivity index (χ4n) is 3.41. The summed E-state index contributed by atoms with van der Waals surface area (Å²) in [5.41, 5.74) is 6.58. The van der Waals surface area contributed by atoms with E-state index in [9.17, 15) is 19.2 Å². The van der Waals surface area contributed by atoms with Gasteiger partial charge < -0.3 is 15.0 Å². The Morgan fingerprint density at radius 3 is 2.47 bits per heavy atom. The summed E-state index contributed by atoms with van der Waals surface area (Å²) in [6.07, 6.45) is 1.97. The van der Waals surface area contributed by atoms with Gasteiger partial charge in [0.1, 0.15) is 5.75 Å². The molecule has 0 saturated carbocycles. The number of rotatable bonds is 9. The van der Waals surface area contributed by atoms with Crippen LogP contribution < -0.4 is 25.8 Å². The van der Waals surface area contributed by atoms with Gasteiger partial charge in [-0.25, -0.2) is 0 Å². The molecule has 0 unspecified atom stereocenters. The van der Waals surface area contributed by atoms with Crippen LogP contribution in [0.25, 0.3) is 0 Å². The van der Waals surface area contributed by atoms with Crippen molar-refractivity contribution in [2.45, 2.75) is 32.6 Å². The van der Waals surface area contributed by atoms with E-state index in [0.29, 0.717) is 42.3 Å². The van der Waals surface area contributed by atoms with E-state index in [1.54, 1.807) is 47.4 Å². The van der Waals surface area contributed by atoms with E-state index in [1.165, 1.54) is 0 Å². The molecule has 0 spiro atoms. The number of carbonyl (C=O) groups excluding carboxylic acids is 4. The summed E-state index contributed by atoms with van der Waals surface area (Å²) >= 11 is 5.91. The molecule has 180 valence electrons. The summed E-state index contributed by atoms with van der Waals surface area (Å²) in [5, 5.41) is 3.12. The highest BCUT2D eigenvalue weighted by molar-refractivity contribution is 6.30. The molecule has 0 radical (unpaired) electrons. The van der Waals surface area contributed by atoms with Crippen LogP contribution in [0, 0.1) is 6.92 Å². The molecule has 1 heterocycles. The van der Waals surface area contributed by atoms with Crippen LogP contribution in [0.5, 0.6) is 5.75 Å². The van der Waals surface area contributed by atoms with Crippen LogP contribution in [0.15, 0.2) is 42.5 Å². The van der Waals surface area contributed by atoms with Crippen molar-refractivity contribution in [2.75, 3.05) is 24.6 Å². The minimum Gasteiger partial charge on any atom is -0.493 e. The molecule has 1 aliphatic heterocycles. The lowest BCUT2D eigenvalue weighted by atomic mass is 10.2.